The van der Waals surface area contributed by atoms with Gasteiger partial charge in [-0.3, -0.25) is 4.79 Å². The van der Waals surface area contributed by atoms with E-state index in [1.54, 1.807) is 42.5 Å². The van der Waals surface area contributed by atoms with E-state index in [-0.39, 0.29) is 23.7 Å². The van der Waals surface area contributed by atoms with Gasteiger partial charge in [0.25, 0.3) is 0 Å². The molecule has 0 spiro atoms. The van der Waals surface area contributed by atoms with Gasteiger partial charge in [-0.2, -0.15) is 0 Å². The van der Waals surface area contributed by atoms with Gasteiger partial charge in [0.05, 0.1) is 0 Å². The quantitative estimate of drug-likeness (QED) is 0.910. The molecule has 0 saturated heterocycles. The van der Waals surface area contributed by atoms with Gasteiger partial charge in [-0.1, -0.05) is 41.9 Å². The molecule has 0 aliphatic heterocycles. The molecule has 1 fully saturated rings. The summed E-state index contributed by atoms with van der Waals surface area (Å²) in [5.41, 5.74) is 7.26. The van der Waals surface area contributed by atoms with Crippen molar-refractivity contribution in [2.75, 3.05) is 0 Å². The van der Waals surface area contributed by atoms with Crippen LogP contribution in [0.15, 0.2) is 48.5 Å². The number of halogens is 2. The molecule has 5 heteroatoms. The van der Waals surface area contributed by atoms with Crippen molar-refractivity contribution in [2.45, 2.75) is 24.4 Å². The van der Waals surface area contributed by atoms with Crippen molar-refractivity contribution in [1.82, 2.24) is 5.32 Å². The van der Waals surface area contributed by atoms with Crippen LogP contribution in [0.3, 0.4) is 0 Å². The Labute approximate surface area is 133 Å². The van der Waals surface area contributed by atoms with Crippen molar-refractivity contribution in [3.8, 4) is 0 Å². The van der Waals surface area contributed by atoms with Crippen molar-refractivity contribution in [2.24, 2.45) is 5.73 Å². The monoisotopic (exact) mass is 318 g/mol. The number of benzene rings is 2. The molecule has 1 aliphatic rings. The highest BCUT2D eigenvalue weighted by Crippen LogP contribution is 2.42. The van der Waals surface area contributed by atoms with Gasteiger partial charge in [-0.05, 0) is 35.7 Å². The molecule has 0 radical (unpaired) electrons. The van der Waals surface area contributed by atoms with Gasteiger partial charge in [-0.25, -0.2) is 4.39 Å². The zero-order chi connectivity index (χ0) is 15.7. The minimum Gasteiger partial charge on any atom is -0.351 e. The van der Waals surface area contributed by atoms with E-state index in [2.05, 4.69) is 5.32 Å². The van der Waals surface area contributed by atoms with Crippen LogP contribution in [-0.2, 0) is 4.79 Å². The third-order valence-electron chi connectivity index (χ3n) is 3.91. The second-order valence-electron chi connectivity index (χ2n) is 5.51. The number of nitrogens with one attached hydrogen (secondary N) is 1. The Morgan fingerprint density at radius 2 is 2.05 bits per heavy atom. The average molecular weight is 319 g/mol. The van der Waals surface area contributed by atoms with Crippen molar-refractivity contribution in [1.29, 1.82) is 0 Å². The lowest BCUT2D eigenvalue weighted by atomic mass is 10.1. The van der Waals surface area contributed by atoms with Gasteiger partial charge in [0.2, 0.25) is 5.91 Å². The summed E-state index contributed by atoms with van der Waals surface area (Å²) in [6.45, 7) is 0. The van der Waals surface area contributed by atoms with E-state index in [0.717, 1.165) is 6.42 Å². The zero-order valence-corrected chi connectivity index (χ0v) is 12.6. The smallest absolute Gasteiger partial charge is 0.241 e. The Kier molecular flexibility index (Phi) is 4.14. The fourth-order valence-corrected chi connectivity index (χ4v) is 2.80. The Hall–Kier alpha value is -1.91. The predicted octanol–water partition coefficient (Wildman–Crippen LogP) is 3.15. The second kappa shape index (κ2) is 6.07. The SMILES string of the molecule is N[C@H](C(=O)N[C@@H]1C[C@@H]1c1ccccc1F)c1cccc(Cl)c1. The van der Waals surface area contributed by atoms with Crippen molar-refractivity contribution < 1.29 is 9.18 Å². The van der Waals surface area contributed by atoms with Gasteiger partial charge in [0.1, 0.15) is 11.9 Å². The largest absolute Gasteiger partial charge is 0.351 e. The number of amides is 1. The Balaban J connectivity index is 1.63. The van der Waals surface area contributed by atoms with E-state index >= 15 is 0 Å². The van der Waals surface area contributed by atoms with Gasteiger partial charge in [0.15, 0.2) is 0 Å². The van der Waals surface area contributed by atoms with Gasteiger partial charge < -0.3 is 11.1 Å². The number of hydrogen-bond donors (Lipinski definition) is 2. The standard InChI is InChI=1S/C17H16ClFN2O/c18-11-5-3-4-10(8-11)16(20)17(22)21-15-9-13(15)12-6-1-2-7-14(12)19/h1-8,13,15-16H,9,20H2,(H,21,22)/t13-,15-,16+/m1/s1. The van der Waals surface area contributed by atoms with Crippen LogP contribution in [0.4, 0.5) is 4.39 Å². The fraction of sp³-hybridized carbons (Fsp3) is 0.235. The van der Waals surface area contributed by atoms with Crippen LogP contribution < -0.4 is 11.1 Å². The maximum absolute atomic E-state index is 13.7. The summed E-state index contributed by atoms with van der Waals surface area (Å²) in [6.07, 6.45) is 0.731. The number of carbonyl (C=O) groups is 1. The molecule has 0 bridgehead atoms. The second-order valence-corrected chi connectivity index (χ2v) is 5.95. The van der Waals surface area contributed by atoms with Crippen molar-refractivity contribution in [3.05, 3.63) is 70.5 Å². The minimum absolute atomic E-state index is 0.0247. The summed E-state index contributed by atoms with van der Waals surface area (Å²) in [7, 11) is 0. The van der Waals surface area contributed by atoms with Crippen LogP contribution in [0.2, 0.25) is 5.02 Å². The summed E-state index contributed by atoms with van der Waals surface area (Å²) >= 11 is 5.90. The first kappa shape index (κ1) is 15.0. The molecule has 3 N–H and O–H groups in total. The third kappa shape index (κ3) is 3.13. The summed E-state index contributed by atoms with van der Waals surface area (Å²) in [5.74, 6) is -0.480. The molecule has 1 aliphatic carbocycles. The Morgan fingerprint density at radius 3 is 2.77 bits per heavy atom. The highest BCUT2D eigenvalue weighted by molar-refractivity contribution is 6.30. The summed E-state index contributed by atoms with van der Waals surface area (Å²) in [6, 6.07) is 12.7. The molecule has 1 saturated carbocycles. The molecule has 3 nitrogen and oxygen atoms in total. The summed E-state index contributed by atoms with van der Waals surface area (Å²) < 4.78 is 13.7. The number of nitrogens with two attached hydrogens (primary N) is 1. The Bertz CT molecular complexity index is 707. The van der Waals surface area contributed by atoms with Gasteiger partial charge in [0, 0.05) is 17.0 Å². The number of carbonyl (C=O) groups excluding carboxylic acids is 1. The first-order valence-electron chi connectivity index (χ1n) is 7.12. The average Bonchev–Trinajstić information content (AvgIpc) is 3.25. The van der Waals surface area contributed by atoms with E-state index in [1.807, 2.05) is 0 Å². The van der Waals surface area contributed by atoms with Crippen LogP contribution in [0.5, 0.6) is 0 Å². The molecule has 2 aromatic carbocycles. The summed E-state index contributed by atoms with van der Waals surface area (Å²) in [5, 5.41) is 3.41. The van der Waals surface area contributed by atoms with Crippen LogP contribution in [0, 0.1) is 5.82 Å². The lowest BCUT2D eigenvalue weighted by Gasteiger charge is -2.13. The molecule has 0 unspecified atom stereocenters. The van der Waals surface area contributed by atoms with Crippen LogP contribution >= 0.6 is 11.6 Å². The molecule has 3 atom stereocenters. The molecule has 114 valence electrons. The highest BCUT2D eigenvalue weighted by atomic mass is 35.5. The fourth-order valence-electron chi connectivity index (χ4n) is 2.60. The first-order chi connectivity index (χ1) is 10.6. The lowest BCUT2D eigenvalue weighted by molar-refractivity contribution is -0.122. The van der Waals surface area contributed by atoms with Crippen molar-refractivity contribution in [3.63, 3.8) is 0 Å². The molecule has 22 heavy (non-hydrogen) atoms. The van der Waals surface area contributed by atoms with E-state index in [9.17, 15) is 9.18 Å². The van der Waals surface area contributed by atoms with Crippen LogP contribution in [0.25, 0.3) is 0 Å². The van der Waals surface area contributed by atoms with Crippen LogP contribution in [-0.4, -0.2) is 11.9 Å². The first-order valence-corrected chi connectivity index (χ1v) is 7.50. The van der Waals surface area contributed by atoms with E-state index in [4.69, 9.17) is 17.3 Å². The van der Waals surface area contributed by atoms with E-state index in [0.29, 0.717) is 16.1 Å². The molecular formula is C17H16ClFN2O. The predicted molar refractivity (Wildman–Crippen MR) is 84.1 cm³/mol. The Morgan fingerprint density at radius 1 is 1.27 bits per heavy atom. The minimum atomic E-state index is -0.777. The lowest BCUT2D eigenvalue weighted by Crippen LogP contribution is -2.36. The molecule has 1 amide bonds. The topological polar surface area (TPSA) is 55.1 Å². The molecule has 0 heterocycles. The van der Waals surface area contributed by atoms with E-state index in [1.165, 1.54) is 6.07 Å². The number of rotatable bonds is 4. The normalized spacial score (nSPS) is 21.2. The molecule has 0 aromatic heterocycles. The van der Waals surface area contributed by atoms with E-state index < -0.39 is 6.04 Å². The zero-order valence-electron chi connectivity index (χ0n) is 11.8. The maximum atomic E-state index is 13.7. The molecule has 3 rings (SSSR count). The number of hydrogen-bond acceptors (Lipinski definition) is 2. The van der Waals surface area contributed by atoms with Crippen molar-refractivity contribution >= 4 is 17.5 Å². The molecule has 2 aromatic rings. The maximum Gasteiger partial charge on any atom is 0.241 e. The van der Waals surface area contributed by atoms with Gasteiger partial charge >= 0.3 is 0 Å². The highest BCUT2D eigenvalue weighted by Gasteiger charge is 2.41. The van der Waals surface area contributed by atoms with Crippen LogP contribution in [0.1, 0.15) is 29.5 Å². The summed E-state index contributed by atoms with van der Waals surface area (Å²) in [4.78, 5) is 12.2. The van der Waals surface area contributed by atoms with Gasteiger partial charge in [-0.15, -0.1) is 0 Å². The third-order valence-corrected chi connectivity index (χ3v) is 4.15. The molecular weight excluding hydrogens is 303 g/mol.